The molecule has 0 radical (unpaired) electrons. The fourth-order valence-electron chi connectivity index (χ4n) is 1.87. The van der Waals surface area contributed by atoms with E-state index in [9.17, 15) is 0 Å². The molecule has 1 aromatic heterocycles. The van der Waals surface area contributed by atoms with E-state index in [0.29, 0.717) is 11.5 Å². The Labute approximate surface area is 97.3 Å². The monoisotopic (exact) mass is 219 g/mol. The number of hydrogen-bond acceptors (Lipinski definition) is 1. The van der Waals surface area contributed by atoms with Gasteiger partial charge in [0.2, 0.25) is 0 Å². The van der Waals surface area contributed by atoms with Crippen molar-refractivity contribution >= 4 is 21.4 Å². The van der Waals surface area contributed by atoms with Crippen LogP contribution in [0.1, 0.15) is 32.6 Å². The molecule has 0 spiro atoms. The maximum Gasteiger partial charge on any atom is 0.0641 e. The zero-order chi connectivity index (χ0) is 11.9. The summed E-state index contributed by atoms with van der Waals surface area (Å²) in [5.41, 5.74) is 1.65. The maximum atomic E-state index is 8.01. The second-order valence-electron chi connectivity index (χ2n) is 5.35. The van der Waals surface area contributed by atoms with Crippen LogP contribution in [0.5, 0.6) is 0 Å². The lowest BCUT2D eigenvalue weighted by Crippen LogP contribution is -2.08. The van der Waals surface area contributed by atoms with Gasteiger partial charge in [0, 0.05) is 9.58 Å². The van der Waals surface area contributed by atoms with Crippen LogP contribution >= 0.6 is 11.3 Å². The highest BCUT2D eigenvalue weighted by Crippen LogP contribution is 2.28. The molecular weight excluding hydrogens is 200 g/mol. The molecule has 0 aliphatic heterocycles. The predicted molar refractivity (Wildman–Crippen MR) is 69.7 cm³/mol. The van der Waals surface area contributed by atoms with Gasteiger partial charge >= 0.3 is 0 Å². The Kier molecular flexibility index (Phi) is 2.28. The molecule has 1 heteroatoms. The molecule has 80 valence electrons. The highest BCUT2D eigenvalue weighted by Gasteiger charge is 2.11. The predicted octanol–water partition coefficient (Wildman–Crippen LogP) is 4.80. The molecular formula is C14H18S. The summed E-state index contributed by atoms with van der Waals surface area (Å²) in [4.78, 5) is 1.11. The largest absolute Gasteiger partial charge is 0.141 e. The summed E-state index contributed by atoms with van der Waals surface area (Å²) in [7, 11) is 0. The third kappa shape index (κ3) is 2.60. The molecule has 2 rings (SSSR count). The molecule has 0 saturated heterocycles. The van der Waals surface area contributed by atoms with Gasteiger partial charge in [0.15, 0.2) is 0 Å². The molecule has 1 aromatic carbocycles. The van der Waals surface area contributed by atoms with Crippen LogP contribution in [0.2, 0.25) is 0 Å². The van der Waals surface area contributed by atoms with Crippen LogP contribution in [-0.2, 0) is 6.42 Å². The lowest BCUT2D eigenvalue weighted by molar-refractivity contribution is 0.411. The van der Waals surface area contributed by atoms with Gasteiger partial charge < -0.3 is 0 Å². The van der Waals surface area contributed by atoms with Gasteiger partial charge in [0.1, 0.15) is 0 Å². The average molecular weight is 219 g/mol. The zero-order valence-corrected chi connectivity index (χ0v) is 10.7. The van der Waals surface area contributed by atoms with E-state index in [-0.39, 0.29) is 0 Å². The van der Waals surface area contributed by atoms with E-state index < -0.39 is 0 Å². The van der Waals surface area contributed by atoms with Gasteiger partial charge in [-0.3, -0.25) is 0 Å². The first kappa shape index (κ1) is 9.41. The summed E-state index contributed by atoms with van der Waals surface area (Å²) in [5, 5.41) is 1.12. The summed E-state index contributed by atoms with van der Waals surface area (Å²) < 4.78 is 9.24. The van der Waals surface area contributed by atoms with Crippen LogP contribution in [0, 0.1) is 12.3 Å². The van der Waals surface area contributed by atoms with Crippen LogP contribution in [0.25, 0.3) is 10.1 Å². The van der Waals surface area contributed by atoms with Crippen LogP contribution in [0.15, 0.2) is 24.2 Å². The van der Waals surface area contributed by atoms with Gasteiger partial charge in [-0.1, -0.05) is 32.9 Å². The van der Waals surface area contributed by atoms with E-state index in [2.05, 4.69) is 39.0 Å². The third-order valence-corrected chi connectivity index (χ3v) is 3.34. The summed E-state index contributed by atoms with van der Waals surface area (Å²) in [6.45, 7) is 8.77. The van der Waals surface area contributed by atoms with Crippen molar-refractivity contribution in [3.05, 3.63) is 34.7 Å². The van der Waals surface area contributed by atoms with Crippen molar-refractivity contribution < 1.29 is 1.37 Å². The van der Waals surface area contributed by atoms with E-state index in [4.69, 9.17) is 1.37 Å². The molecule has 2 aromatic rings. The third-order valence-electron chi connectivity index (χ3n) is 2.35. The average Bonchev–Trinajstić information content (AvgIpc) is 2.42. The highest BCUT2D eigenvalue weighted by atomic mass is 32.1. The normalized spacial score (nSPS) is 13.2. The molecule has 1 heterocycles. The molecule has 15 heavy (non-hydrogen) atoms. The smallest absolute Gasteiger partial charge is 0.0641 e. The van der Waals surface area contributed by atoms with Gasteiger partial charge in [0.25, 0.3) is 0 Å². The van der Waals surface area contributed by atoms with Crippen molar-refractivity contribution in [1.82, 2.24) is 0 Å². The summed E-state index contributed by atoms with van der Waals surface area (Å²) in [6, 6.07) is 7.25. The Bertz CT molecular complexity index is 517. The lowest BCUT2D eigenvalue weighted by atomic mass is 9.88. The summed E-state index contributed by atoms with van der Waals surface area (Å²) in [5.74, 6) is 0. The van der Waals surface area contributed by atoms with Crippen molar-refractivity contribution in [2.45, 2.75) is 34.1 Å². The Morgan fingerprint density at radius 3 is 2.73 bits per heavy atom. The number of aryl methyl sites for hydroxylation is 1. The van der Waals surface area contributed by atoms with Gasteiger partial charge in [-0.25, -0.2) is 0 Å². The Balaban J connectivity index is 2.47. The molecule has 0 unspecified atom stereocenters. The van der Waals surface area contributed by atoms with Crippen molar-refractivity contribution in [3.63, 3.8) is 0 Å². The molecule has 0 fully saturated rings. The second-order valence-corrected chi connectivity index (χ2v) is 6.61. The first-order chi connectivity index (χ1) is 7.37. The van der Waals surface area contributed by atoms with Crippen LogP contribution in [0.4, 0.5) is 0 Å². The molecule has 0 N–H and O–H groups in total. The Morgan fingerprint density at radius 2 is 2.07 bits per heavy atom. The Hall–Kier alpha value is -0.820. The number of fused-ring (bicyclic) bond motifs is 1. The van der Waals surface area contributed by atoms with Crippen LogP contribution in [-0.4, -0.2) is 0 Å². The van der Waals surface area contributed by atoms with E-state index in [1.54, 1.807) is 11.3 Å². The lowest BCUT2D eigenvalue weighted by Gasteiger charge is -2.17. The molecule has 0 aliphatic carbocycles. The van der Waals surface area contributed by atoms with E-state index in [1.165, 1.54) is 10.3 Å². The molecule has 0 bridgehead atoms. The molecule has 0 atom stereocenters. The summed E-state index contributed by atoms with van der Waals surface area (Å²) in [6.07, 6.45) is 1.07. The van der Waals surface area contributed by atoms with E-state index in [0.717, 1.165) is 16.7 Å². The summed E-state index contributed by atoms with van der Waals surface area (Å²) >= 11 is 1.72. The zero-order valence-electron chi connectivity index (χ0n) is 10.8. The minimum absolute atomic E-state index is 0.306. The van der Waals surface area contributed by atoms with Crippen LogP contribution < -0.4 is 0 Å². The highest BCUT2D eigenvalue weighted by molar-refractivity contribution is 7.19. The quantitative estimate of drug-likeness (QED) is 0.646. The SMILES string of the molecule is [2H]c1c(C)sc2ccc(CC(C)(C)C)cc12. The minimum atomic E-state index is 0.306. The van der Waals surface area contributed by atoms with Gasteiger partial charge in [-0.05, 0) is 41.8 Å². The first-order valence-electron chi connectivity index (χ1n) is 5.85. The first-order valence-corrected chi connectivity index (χ1v) is 6.17. The minimum Gasteiger partial charge on any atom is -0.141 e. The van der Waals surface area contributed by atoms with Crippen molar-refractivity contribution in [2.75, 3.05) is 0 Å². The Morgan fingerprint density at radius 1 is 1.33 bits per heavy atom. The fraction of sp³-hybridized carbons (Fsp3) is 0.429. The fourth-order valence-corrected chi connectivity index (χ4v) is 2.71. The van der Waals surface area contributed by atoms with Gasteiger partial charge in [-0.2, -0.15) is 0 Å². The molecule has 0 nitrogen and oxygen atoms in total. The number of thiophene rings is 1. The standard InChI is InChI=1S/C14H18S/c1-10-7-12-8-11(9-14(2,3)4)5-6-13(12)15-10/h5-8H,9H2,1-4H3/i7D. The number of hydrogen-bond donors (Lipinski definition) is 0. The maximum absolute atomic E-state index is 8.01. The number of benzene rings is 1. The van der Waals surface area contributed by atoms with E-state index >= 15 is 0 Å². The molecule has 0 saturated carbocycles. The number of rotatable bonds is 1. The van der Waals surface area contributed by atoms with Crippen molar-refractivity contribution in [1.29, 1.82) is 0 Å². The van der Waals surface area contributed by atoms with Crippen LogP contribution in [0.3, 0.4) is 0 Å². The van der Waals surface area contributed by atoms with Gasteiger partial charge in [0.05, 0.1) is 1.37 Å². The topological polar surface area (TPSA) is 0 Å². The van der Waals surface area contributed by atoms with E-state index in [1.807, 2.05) is 6.92 Å². The molecule has 0 amide bonds. The van der Waals surface area contributed by atoms with Crippen molar-refractivity contribution in [2.24, 2.45) is 5.41 Å². The molecule has 0 aliphatic rings. The second kappa shape index (κ2) is 3.64. The van der Waals surface area contributed by atoms with Crippen molar-refractivity contribution in [3.8, 4) is 0 Å². The van der Waals surface area contributed by atoms with Gasteiger partial charge in [-0.15, -0.1) is 11.3 Å².